The van der Waals surface area contributed by atoms with Crippen molar-refractivity contribution in [3.63, 3.8) is 0 Å². The first kappa shape index (κ1) is 19.5. The summed E-state index contributed by atoms with van der Waals surface area (Å²) in [5, 5.41) is 18.0. The van der Waals surface area contributed by atoms with Crippen LogP contribution in [0.25, 0.3) is 11.0 Å². The minimum absolute atomic E-state index is 0.0132. The molecule has 0 aliphatic carbocycles. The number of hydrogen-bond acceptors (Lipinski definition) is 8. The zero-order chi connectivity index (χ0) is 19.6. The van der Waals surface area contributed by atoms with Crippen molar-refractivity contribution >= 4 is 45.8 Å². The number of nitrogens with zero attached hydrogens (tertiary/aromatic N) is 4. The standard InChI is InChI=1S/C17H19N5O3S2/c1-17(2,25)16(24)18-6-10-4-5-13(27-10)12(23)8-26-15-11-7-21-22(3)14(11)19-9-20-15/h4-5,7,9,25H,6,8H2,1-3H3,(H,18,24). The highest BCUT2D eigenvalue weighted by atomic mass is 32.2. The topological polar surface area (TPSA) is 110 Å². The molecule has 3 rings (SSSR count). The molecule has 0 atom stereocenters. The molecular formula is C17H19N5O3S2. The Kier molecular flexibility index (Phi) is 5.59. The maximum Gasteiger partial charge on any atom is 0.251 e. The van der Waals surface area contributed by atoms with E-state index in [4.69, 9.17) is 0 Å². The number of ketones is 1. The van der Waals surface area contributed by atoms with Crippen LogP contribution in [-0.2, 0) is 18.4 Å². The molecule has 8 nitrogen and oxygen atoms in total. The van der Waals surface area contributed by atoms with Crippen LogP contribution < -0.4 is 5.32 Å². The van der Waals surface area contributed by atoms with Crippen molar-refractivity contribution in [2.24, 2.45) is 7.05 Å². The number of thioether (sulfide) groups is 1. The van der Waals surface area contributed by atoms with Gasteiger partial charge >= 0.3 is 0 Å². The highest BCUT2D eigenvalue weighted by Crippen LogP contribution is 2.26. The molecular weight excluding hydrogens is 386 g/mol. The number of nitrogens with one attached hydrogen (secondary N) is 1. The van der Waals surface area contributed by atoms with E-state index in [1.165, 1.54) is 43.3 Å². The van der Waals surface area contributed by atoms with Gasteiger partial charge in [-0.1, -0.05) is 11.8 Å². The average molecular weight is 406 g/mol. The first-order chi connectivity index (χ1) is 12.8. The molecule has 1 amide bonds. The van der Waals surface area contributed by atoms with Gasteiger partial charge in [0.1, 0.15) is 17.0 Å². The molecule has 3 heterocycles. The molecule has 3 aromatic heterocycles. The van der Waals surface area contributed by atoms with Gasteiger partial charge in [0.2, 0.25) is 0 Å². The molecule has 0 saturated carbocycles. The second-order valence-corrected chi connectivity index (χ2v) is 8.54. The van der Waals surface area contributed by atoms with Crippen molar-refractivity contribution in [2.75, 3.05) is 5.75 Å². The minimum Gasteiger partial charge on any atom is -0.381 e. The Morgan fingerprint density at radius 3 is 2.85 bits per heavy atom. The minimum atomic E-state index is -1.43. The van der Waals surface area contributed by atoms with Crippen molar-refractivity contribution < 1.29 is 14.7 Å². The number of fused-ring (bicyclic) bond motifs is 1. The average Bonchev–Trinajstić information content (AvgIpc) is 3.24. The number of carbonyl (C=O) groups excluding carboxylic acids is 2. The van der Waals surface area contributed by atoms with E-state index < -0.39 is 11.5 Å². The highest BCUT2D eigenvalue weighted by Gasteiger charge is 2.23. The summed E-state index contributed by atoms with van der Waals surface area (Å²) in [4.78, 5) is 34.1. The Balaban J connectivity index is 1.60. The number of amides is 1. The molecule has 0 bridgehead atoms. The van der Waals surface area contributed by atoms with Gasteiger partial charge in [-0.15, -0.1) is 11.3 Å². The fourth-order valence-electron chi connectivity index (χ4n) is 2.27. The Bertz CT molecular complexity index is 990. The third-order valence-corrected chi connectivity index (χ3v) is 5.88. The molecule has 10 heteroatoms. The summed E-state index contributed by atoms with van der Waals surface area (Å²) in [6.07, 6.45) is 3.15. The van der Waals surface area contributed by atoms with Crippen LogP contribution in [0, 0.1) is 0 Å². The molecule has 0 saturated heterocycles. The van der Waals surface area contributed by atoms with E-state index in [0.717, 1.165) is 20.9 Å². The lowest BCUT2D eigenvalue weighted by Gasteiger charge is -2.15. The van der Waals surface area contributed by atoms with Gasteiger partial charge in [0.15, 0.2) is 11.4 Å². The third-order valence-electron chi connectivity index (χ3n) is 3.75. The van der Waals surface area contributed by atoms with Gasteiger partial charge in [0.05, 0.1) is 28.8 Å². The summed E-state index contributed by atoms with van der Waals surface area (Å²) in [6, 6.07) is 3.55. The van der Waals surface area contributed by atoms with E-state index in [9.17, 15) is 14.7 Å². The third kappa shape index (κ3) is 4.52. The van der Waals surface area contributed by atoms with Crippen LogP contribution in [0.5, 0.6) is 0 Å². The second kappa shape index (κ2) is 7.75. The Labute approximate surface area is 164 Å². The van der Waals surface area contributed by atoms with Crippen molar-refractivity contribution in [3.05, 3.63) is 34.4 Å². The van der Waals surface area contributed by atoms with Crippen LogP contribution in [0.4, 0.5) is 0 Å². The molecule has 2 N–H and O–H groups in total. The second-order valence-electron chi connectivity index (χ2n) is 6.40. The highest BCUT2D eigenvalue weighted by molar-refractivity contribution is 8.00. The smallest absolute Gasteiger partial charge is 0.251 e. The molecule has 142 valence electrons. The van der Waals surface area contributed by atoms with Crippen LogP contribution >= 0.6 is 23.1 Å². The van der Waals surface area contributed by atoms with Gasteiger partial charge < -0.3 is 10.4 Å². The van der Waals surface area contributed by atoms with Gasteiger partial charge in [-0.3, -0.25) is 14.3 Å². The van der Waals surface area contributed by atoms with E-state index in [1.807, 2.05) is 0 Å². The quantitative estimate of drug-likeness (QED) is 0.350. The number of carbonyl (C=O) groups is 2. The Morgan fingerprint density at radius 1 is 1.33 bits per heavy atom. The Morgan fingerprint density at radius 2 is 2.11 bits per heavy atom. The summed E-state index contributed by atoms with van der Waals surface area (Å²) in [5.74, 6) is -0.221. The monoisotopic (exact) mass is 405 g/mol. The molecule has 0 unspecified atom stereocenters. The van der Waals surface area contributed by atoms with E-state index in [0.29, 0.717) is 4.88 Å². The first-order valence-electron chi connectivity index (χ1n) is 8.14. The zero-order valence-electron chi connectivity index (χ0n) is 15.1. The number of Topliss-reactive ketones (excluding diaryl/α,β-unsaturated/α-hetero) is 1. The van der Waals surface area contributed by atoms with Crippen LogP contribution in [0.2, 0.25) is 0 Å². The number of rotatable bonds is 7. The molecule has 3 aromatic rings. The van der Waals surface area contributed by atoms with Gasteiger partial charge in [-0.05, 0) is 26.0 Å². The summed E-state index contributed by atoms with van der Waals surface area (Å²) < 4.78 is 1.66. The molecule has 0 fully saturated rings. The number of hydrogen-bond donors (Lipinski definition) is 2. The molecule has 0 aliphatic rings. The van der Waals surface area contributed by atoms with E-state index in [1.54, 1.807) is 30.1 Å². The lowest BCUT2D eigenvalue weighted by molar-refractivity contribution is -0.136. The van der Waals surface area contributed by atoms with E-state index >= 15 is 0 Å². The first-order valence-corrected chi connectivity index (χ1v) is 9.94. The predicted octanol–water partition coefficient (Wildman–Crippen LogP) is 1.79. The van der Waals surface area contributed by atoms with Gasteiger partial charge in [0.25, 0.3) is 5.91 Å². The van der Waals surface area contributed by atoms with Crippen LogP contribution in [0.3, 0.4) is 0 Å². The van der Waals surface area contributed by atoms with Crippen LogP contribution in [0.15, 0.2) is 29.7 Å². The van der Waals surface area contributed by atoms with Gasteiger partial charge in [0, 0.05) is 11.9 Å². The lowest BCUT2D eigenvalue weighted by Crippen LogP contribution is -2.41. The number of aryl methyl sites for hydroxylation is 1. The molecule has 0 aromatic carbocycles. The molecule has 0 radical (unpaired) electrons. The number of aliphatic hydroxyl groups is 1. The van der Waals surface area contributed by atoms with E-state index in [2.05, 4.69) is 20.4 Å². The number of thiophene rings is 1. The predicted molar refractivity (Wildman–Crippen MR) is 104 cm³/mol. The van der Waals surface area contributed by atoms with Crippen molar-refractivity contribution in [3.8, 4) is 0 Å². The van der Waals surface area contributed by atoms with Crippen LogP contribution in [-0.4, -0.2) is 47.9 Å². The van der Waals surface area contributed by atoms with Gasteiger partial charge in [-0.2, -0.15) is 5.10 Å². The zero-order valence-corrected chi connectivity index (χ0v) is 16.7. The van der Waals surface area contributed by atoms with Crippen molar-refractivity contribution in [1.29, 1.82) is 0 Å². The normalized spacial score (nSPS) is 11.7. The lowest BCUT2D eigenvalue weighted by atomic mass is 10.1. The summed E-state index contributed by atoms with van der Waals surface area (Å²) in [5.41, 5.74) is -0.706. The SMILES string of the molecule is Cn1ncc2c(SCC(=O)c3ccc(CNC(=O)C(C)(C)O)s3)ncnc21. The summed E-state index contributed by atoms with van der Waals surface area (Å²) in [7, 11) is 1.80. The van der Waals surface area contributed by atoms with Gasteiger partial charge in [-0.25, -0.2) is 9.97 Å². The summed E-state index contributed by atoms with van der Waals surface area (Å²) >= 11 is 2.67. The number of aromatic nitrogens is 4. The summed E-state index contributed by atoms with van der Waals surface area (Å²) in [6.45, 7) is 3.13. The fourth-order valence-corrected chi connectivity index (χ4v) is 4.09. The van der Waals surface area contributed by atoms with E-state index in [-0.39, 0.29) is 18.1 Å². The van der Waals surface area contributed by atoms with Crippen molar-refractivity contribution in [2.45, 2.75) is 31.0 Å². The molecule has 0 spiro atoms. The van der Waals surface area contributed by atoms with Crippen molar-refractivity contribution in [1.82, 2.24) is 25.1 Å². The van der Waals surface area contributed by atoms with Crippen LogP contribution in [0.1, 0.15) is 28.4 Å². The maximum absolute atomic E-state index is 12.5. The maximum atomic E-state index is 12.5. The fraction of sp³-hybridized carbons (Fsp3) is 0.353. The molecule has 0 aliphatic heterocycles. The molecule has 27 heavy (non-hydrogen) atoms. The Hall–Kier alpha value is -2.30. The largest absolute Gasteiger partial charge is 0.381 e.